The molecular weight excluding hydrogens is 252 g/mol. The molecule has 0 radical (unpaired) electrons. The Hall–Kier alpha value is -2.14. The van der Waals surface area contributed by atoms with Crippen molar-refractivity contribution in [2.24, 2.45) is 5.73 Å². The summed E-state index contributed by atoms with van der Waals surface area (Å²) in [6, 6.07) is 9.78. The summed E-state index contributed by atoms with van der Waals surface area (Å²) < 4.78 is 1.45. The summed E-state index contributed by atoms with van der Waals surface area (Å²) in [4.78, 5) is 12.0. The van der Waals surface area contributed by atoms with Crippen LogP contribution in [0.5, 0.6) is 0 Å². The summed E-state index contributed by atoms with van der Waals surface area (Å²) in [5, 5.41) is 7.21. The fourth-order valence-electron chi connectivity index (χ4n) is 1.92. The molecule has 3 N–H and O–H groups in total. The number of nitrogens with zero attached hydrogens (tertiary/aromatic N) is 2. The fourth-order valence-corrected chi connectivity index (χ4v) is 1.92. The molecule has 0 spiro atoms. The molecule has 5 heteroatoms. The maximum absolute atomic E-state index is 12.0. The van der Waals surface area contributed by atoms with E-state index >= 15 is 0 Å². The first kappa shape index (κ1) is 14.3. The average Bonchev–Trinajstić information content (AvgIpc) is 2.48. The molecule has 0 aliphatic carbocycles. The van der Waals surface area contributed by atoms with Crippen molar-refractivity contribution in [1.29, 1.82) is 0 Å². The average molecular weight is 272 g/mol. The molecule has 1 aromatic carbocycles. The summed E-state index contributed by atoms with van der Waals surface area (Å²) in [6.07, 6.45) is 2.66. The Balaban J connectivity index is 2.10. The van der Waals surface area contributed by atoms with Crippen LogP contribution in [0.25, 0.3) is 0 Å². The molecule has 0 fully saturated rings. The minimum atomic E-state index is -0.119. The standard InChI is InChI=1S/C15H20N4O/c1-2-12-3-5-13(6-4-12)11-19-15(20)9-14(10-18-19)17-8-7-16/h3-6,9-10,17H,2,7-8,11,16H2,1H3. The van der Waals surface area contributed by atoms with Gasteiger partial charge in [-0.25, -0.2) is 4.68 Å². The van der Waals surface area contributed by atoms with Crippen LogP contribution in [-0.2, 0) is 13.0 Å². The smallest absolute Gasteiger partial charge is 0.269 e. The second-order valence-electron chi connectivity index (χ2n) is 4.63. The van der Waals surface area contributed by atoms with Gasteiger partial charge in [0.2, 0.25) is 0 Å². The van der Waals surface area contributed by atoms with E-state index in [4.69, 9.17) is 5.73 Å². The molecule has 2 aromatic rings. The highest BCUT2D eigenvalue weighted by molar-refractivity contribution is 5.38. The van der Waals surface area contributed by atoms with Gasteiger partial charge in [0.15, 0.2) is 0 Å². The van der Waals surface area contributed by atoms with Gasteiger partial charge in [-0.1, -0.05) is 31.2 Å². The maximum atomic E-state index is 12.0. The first-order chi connectivity index (χ1) is 9.72. The minimum Gasteiger partial charge on any atom is -0.382 e. The van der Waals surface area contributed by atoms with Crippen LogP contribution in [0.4, 0.5) is 5.69 Å². The van der Waals surface area contributed by atoms with Gasteiger partial charge in [-0.2, -0.15) is 5.10 Å². The second-order valence-corrected chi connectivity index (χ2v) is 4.63. The van der Waals surface area contributed by atoms with E-state index in [1.807, 2.05) is 12.1 Å². The number of hydrogen-bond acceptors (Lipinski definition) is 4. The normalized spacial score (nSPS) is 10.5. The second kappa shape index (κ2) is 6.86. The number of benzene rings is 1. The molecule has 20 heavy (non-hydrogen) atoms. The lowest BCUT2D eigenvalue weighted by Crippen LogP contribution is -2.24. The van der Waals surface area contributed by atoms with E-state index < -0.39 is 0 Å². The zero-order valence-corrected chi connectivity index (χ0v) is 11.7. The highest BCUT2D eigenvalue weighted by Crippen LogP contribution is 2.06. The lowest BCUT2D eigenvalue weighted by atomic mass is 10.1. The van der Waals surface area contributed by atoms with Gasteiger partial charge in [0, 0.05) is 19.2 Å². The van der Waals surface area contributed by atoms with E-state index in [2.05, 4.69) is 29.5 Å². The largest absolute Gasteiger partial charge is 0.382 e. The summed E-state index contributed by atoms with van der Waals surface area (Å²) in [6.45, 7) is 3.75. The van der Waals surface area contributed by atoms with Gasteiger partial charge >= 0.3 is 0 Å². The van der Waals surface area contributed by atoms with Gasteiger partial charge in [-0.3, -0.25) is 4.79 Å². The van der Waals surface area contributed by atoms with Crippen LogP contribution in [0.15, 0.2) is 41.3 Å². The quantitative estimate of drug-likeness (QED) is 0.829. The van der Waals surface area contributed by atoms with Crippen molar-refractivity contribution in [1.82, 2.24) is 9.78 Å². The molecule has 0 saturated heterocycles. The molecule has 1 aromatic heterocycles. The number of aryl methyl sites for hydroxylation is 1. The monoisotopic (exact) mass is 272 g/mol. The van der Waals surface area contributed by atoms with Crippen molar-refractivity contribution in [3.8, 4) is 0 Å². The highest BCUT2D eigenvalue weighted by atomic mass is 16.1. The lowest BCUT2D eigenvalue weighted by Gasteiger charge is -2.08. The Labute approximate surface area is 118 Å². The maximum Gasteiger partial charge on any atom is 0.269 e. The number of hydrogen-bond donors (Lipinski definition) is 2. The van der Waals surface area contributed by atoms with Crippen molar-refractivity contribution in [3.05, 3.63) is 58.0 Å². The third-order valence-corrected chi connectivity index (χ3v) is 3.11. The van der Waals surface area contributed by atoms with Crippen LogP contribution in [0.1, 0.15) is 18.1 Å². The van der Waals surface area contributed by atoms with E-state index in [0.717, 1.165) is 12.0 Å². The number of nitrogens with one attached hydrogen (secondary N) is 1. The van der Waals surface area contributed by atoms with Gasteiger partial charge in [0.25, 0.3) is 5.56 Å². The van der Waals surface area contributed by atoms with Crippen molar-refractivity contribution in [3.63, 3.8) is 0 Å². The van der Waals surface area contributed by atoms with Gasteiger partial charge in [-0.05, 0) is 17.5 Å². The van der Waals surface area contributed by atoms with Crippen molar-refractivity contribution >= 4 is 5.69 Å². The van der Waals surface area contributed by atoms with Crippen LogP contribution in [0.3, 0.4) is 0 Å². The third kappa shape index (κ3) is 3.68. The van der Waals surface area contributed by atoms with E-state index in [9.17, 15) is 4.79 Å². The molecule has 0 atom stereocenters. The lowest BCUT2D eigenvalue weighted by molar-refractivity contribution is 0.639. The molecule has 0 saturated carbocycles. The Bertz CT molecular complexity index is 604. The van der Waals surface area contributed by atoms with Gasteiger partial charge in [-0.15, -0.1) is 0 Å². The van der Waals surface area contributed by atoms with Gasteiger partial charge in [0.05, 0.1) is 18.4 Å². The molecule has 5 nitrogen and oxygen atoms in total. The molecule has 0 aliphatic rings. The summed E-state index contributed by atoms with van der Waals surface area (Å²) in [7, 11) is 0. The third-order valence-electron chi connectivity index (χ3n) is 3.11. The number of anilines is 1. The number of aromatic nitrogens is 2. The first-order valence-electron chi connectivity index (χ1n) is 6.82. The fraction of sp³-hybridized carbons (Fsp3) is 0.333. The van der Waals surface area contributed by atoms with Crippen LogP contribution in [0, 0.1) is 0 Å². The minimum absolute atomic E-state index is 0.119. The molecule has 1 heterocycles. The van der Waals surface area contributed by atoms with E-state index in [-0.39, 0.29) is 5.56 Å². The summed E-state index contributed by atoms with van der Waals surface area (Å²) >= 11 is 0. The Morgan fingerprint density at radius 3 is 2.55 bits per heavy atom. The molecular formula is C15H20N4O. The number of nitrogens with two attached hydrogens (primary N) is 1. The van der Waals surface area contributed by atoms with Crippen LogP contribution in [0.2, 0.25) is 0 Å². The van der Waals surface area contributed by atoms with Crippen LogP contribution in [-0.4, -0.2) is 22.9 Å². The molecule has 106 valence electrons. The molecule has 2 rings (SSSR count). The molecule has 0 bridgehead atoms. The van der Waals surface area contributed by atoms with Gasteiger partial charge < -0.3 is 11.1 Å². The van der Waals surface area contributed by atoms with Crippen LogP contribution >= 0.6 is 0 Å². The predicted octanol–water partition coefficient (Wildman–Crippen LogP) is 1.22. The Kier molecular flexibility index (Phi) is 4.90. The van der Waals surface area contributed by atoms with Crippen molar-refractivity contribution in [2.75, 3.05) is 18.4 Å². The zero-order chi connectivity index (χ0) is 14.4. The summed E-state index contributed by atoms with van der Waals surface area (Å²) in [5.41, 5.74) is 8.35. The van der Waals surface area contributed by atoms with Crippen molar-refractivity contribution < 1.29 is 0 Å². The summed E-state index contributed by atoms with van der Waals surface area (Å²) in [5.74, 6) is 0. The van der Waals surface area contributed by atoms with Gasteiger partial charge in [0.1, 0.15) is 0 Å². The SMILES string of the molecule is CCc1ccc(Cn2ncc(NCCN)cc2=O)cc1. The molecule has 0 aliphatic heterocycles. The van der Waals surface area contributed by atoms with E-state index in [1.54, 1.807) is 12.3 Å². The molecule has 0 unspecified atom stereocenters. The van der Waals surface area contributed by atoms with E-state index in [1.165, 1.54) is 10.2 Å². The zero-order valence-electron chi connectivity index (χ0n) is 11.7. The van der Waals surface area contributed by atoms with Crippen LogP contribution < -0.4 is 16.6 Å². The number of rotatable bonds is 6. The topological polar surface area (TPSA) is 72.9 Å². The Morgan fingerprint density at radius 2 is 1.95 bits per heavy atom. The predicted molar refractivity (Wildman–Crippen MR) is 81.0 cm³/mol. The first-order valence-corrected chi connectivity index (χ1v) is 6.82. The van der Waals surface area contributed by atoms with E-state index in [0.29, 0.717) is 25.3 Å². The van der Waals surface area contributed by atoms with Crippen molar-refractivity contribution in [2.45, 2.75) is 19.9 Å². The molecule has 0 amide bonds. The Morgan fingerprint density at radius 1 is 1.25 bits per heavy atom. The highest BCUT2D eigenvalue weighted by Gasteiger charge is 2.01.